The lowest BCUT2D eigenvalue weighted by Crippen LogP contribution is -2.38. The molecule has 0 amide bonds. The second-order valence-corrected chi connectivity index (χ2v) is 5.26. The zero-order chi connectivity index (χ0) is 16.0. The first-order valence-corrected chi connectivity index (χ1v) is 7.07. The fraction of sp³-hybridized carbons (Fsp3) is 0.333. The smallest absolute Gasteiger partial charge is 0.359 e. The van der Waals surface area contributed by atoms with E-state index in [2.05, 4.69) is 6.58 Å². The number of allylic oxidation sites excluding steroid dienone is 1. The summed E-state index contributed by atoms with van der Waals surface area (Å²) in [6.07, 6.45) is 1.30. The molecule has 2 unspecified atom stereocenters. The number of rotatable bonds is 7. The van der Waals surface area contributed by atoms with E-state index in [9.17, 15) is 18.4 Å². The summed E-state index contributed by atoms with van der Waals surface area (Å²) in [5, 5.41) is 0. The van der Waals surface area contributed by atoms with Gasteiger partial charge in [0.2, 0.25) is 5.78 Å². The fourth-order valence-corrected chi connectivity index (χ4v) is 2.21. The zero-order valence-corrected chi connectivity index (χ0v) is 13.0. The van der Waals surface area contributed by atoms with E-state index in [4.69, 9.17) is 4.74 Å². The maximum atomic E-state index is 13.3. The van der Waals surface area contributed by atoms with Gasteiger partial charge < -0.3 is 4.74 Å². The van der Waals surface area contributed by atoms with Crippen LogP contribution in [0.1, 0.15) is 18.4 Å². The molecule has 2 atom stereocenters. The van der Waals surface area contributed by atoms with Crippen molar-refractivity contribution in [3.05, 3.63) is 48.6 Å². The SMILES string of the molecule is C=CC(c1ccccc1)C(C(=O)OCC)C(=O)C(F)(F)Br. The quantitative estimate of drug-likeness (QED) is 0.322. The topological polar surface area (TPSA) is 43.4 Å². The molecule has 3 nitrogen and oxygen atoms in total. The molecule has 0 saturated heterocycles. The van der Waals surface area contributed by atoms with Gasteiger partial charge in [0.1, 0.15) is 5.92 Å². The number of hydrogen-bond donors (Lipinski definition) is 0. The van der Waals surface area contributed by atoms with Gasteiger partial charge in [0, 0.05) is 5.92 Å². The second kappa shape index (κ2) is 7.45. The van der Waals surface area contributed by atoms with Gasteiger partial charge in [0.05, 0.1) is 6.61 Å². The van der Waals surface area contributed by atoms with Crippen molar-refractivity contribution in [3.8, 4) is 0 Å². The van der Waals surface area contributed by atoms with Gasteiger partial charge in [0.25, 0.3) is 0 Å². The maximum Gasteiger partial charge on any atom is 0.359 e. The van der Waals surface area contributed by atoms with E-state index in [0.29, 0.717) is 5.56 Å². The predicted molar refractivity (Wildman–Crippen MR) is 78.4 cm³/mol. The van der Waals surface area contributed by atoms with E-state index in [1.165, 1.54) is 13.0 Å². The minimum Gasteiger partial charge on any atom is -0.465 e. The molecule has 0 aliphatic heterocycles. The van der Waals surface area contributed by atoms with E-state index in [0.717, 1.165) is 0 Å². The van der Waals surface area contributed by atoms with Crippen LogP contribution in [0.15, 0.2) is 43.0 Å². The van der Waals surface area contributed by atoms with E-state index in [1.54, 1.807) is 30.3 Å². The van der Waals surface area contributed by atoms with Gasteiger partial charge in [0.15, 0.2) is 0 Å². The fourth-order valence-electron chi connectivity index (χ4n) is 1.96. The normalized spacial score (nSPS) is 14.1. The van der Waals surface area contributed by atoms with E-state index < -0.39 is 28.4 Å². The Labute approximate surface area is 130 Å². The standard InChI is InChI=1S/C15H15BrF2O3/c1-3-11(10-8-6-5-7-9-10)12(14(20)21-4-2)13(19)15(16,17)18/h3,5-9,11-12H,1,4H2,2H3. The second-order valence-electron chi connectivity index (χ2n) is 4.26. The van der Waals surface area contributed by atoms with Crippen molar-refractivity contribution in [2.45, 2.75) is 17.7 Å². The highest BCUT2D eigenvalue weighted by molar-refractivity contribution is 9.10. The van der Waals surface area contributed by atoms with E-state index in [-0.39, 0.29) is 6.61 Å². The molecule has 0 N–H and O–H groups in total. The van der Waals surface area contributed by atoms with Crippen molar-refractivity contribution < 1.29 is 23.1 Å². The molecule has 1 aromatic carbocycles. The maximum absolute atomic E-state index is 13.3. The van der Waals surface area contributed by atoms with Crippen LogP contribution >= 0.6 is 15.9 Å². The Bertz CT molecular complexity index is 511. The molecular weight excluding hydrogens is 346 g/mol. The number of carbonyl (C=O) groups is 2. The minimum atomic E-state index is -3.81. The Morgan fingerprint density at radius 2 is 1.95 bits per heavy atom. The summed E-state index contributed by atoms with van der Waals surface area (Å²) >= 11 is 2.01. The van der Waals surface area contributed by atoms with Gasteiger partial charge in [-0.25, -0.2) is 0 Å². The molecule has 0 aromatic heterocycles. The Balaban J connectivity index is 3.24. The van der Waals surface area contributed by atoms with Crippen molar-refractivity contribution >= 4 is 27.7 Å². The molecule has 1 aromatic rings. The minimum absolute atomic E-state index is 0.00484. The molecule has 0 fully saturated rings. The Hall–Kier alpha value is -1.56. The summed E-state index contributed by atoms with van der Waals surface area (Å²) in [7, 11) is 0. The lowest BCUT2D eigenvalue weighted by molar-refractivity contribution is -0.156. The van der Waals surface area contributed by atoms with Gasteiger partial charge in [-0.1, -0.05) is 36.4 Å². The molecule has 0 bridgehead atoms. The molecule has 0 saturated carbocycles. The number of ketones is 1. The molecule has 114 valence electrons. The zero-order valence-electron chi connectivity index (χ0n) is 11.4. The average molecular weight is 361 g/mol. The summed E-state index contributed by atoms with van der Waals surface area (Å²) < 4.78 is 31.4. The first kappa shape index (κ1) is 17.5. The number of benzene rings is 1. The number of alkyl halides is 3. The third kappa shape index (κ3) is 4.46. The van der Waals surface area contributed by atoms with E-state index >= 15 is 0 Å². The molecule has 0 heterocycles. The van der Waals surface area contributed by atoms with Crippen LogP contribution in [0.4, 0.5) is 8.78 Å². The Morgan fingerprint density at radius 3 is 2.38 bits per heavy atom. The first-order valence-electron chi connectivity index (χ1n) is 6.28. The molecule has 0 spiro atoms. The van der Waals surface area contributed by atoms with Crippen LogP contribution < -0.4 is 0 Å². The Morgan fingerprint density at radius 1 is 1.38 bits per heavy atom. The first-order chi connectivity index (χ1) is 9.82. The molecule has 1 rings (SSSR count). The van der Waals surface area contributed by atoms with Crippen LogP contribution in [-0.2, 0) is 14.3 Å². The van der Waals surface area contributed by atoms with Crippen molar-refractivity contribution in [1.29, 1.82) is 0 Å². The third-order valence-electron chi connectivity index (χ3n) is 2.90. The number of esters is 1. The molecule has 21 heavy (non-hydrogen) atoms. The number of ether oxygens (including phenoxy) is 1. The highest BCUT2D eigenvalue weighted by Gasteiger charge is 2.47. The molecule has 0 aliphatic rings. The van der Waals surface area contributed by atoms with Crippen LogP contribution in [0.3, 0.4) is 0 Å². The number of halogens is 3. The average Bonchev–Trinajstić information content (AvgIpc) is 2.44. The summed E-state index contributed by atoms with van der Waals surface area (Å²) in [4.78, 5) is 20.1. The van der Waals surface area contributed by atoms with Crippen LogP contribution in [0, 0.1) is 5.92 Å². The van der Waals surface area contributed by atoms with Crippen molar-refractivity contribution in [2.24, 2.45) is 5.92 Å². The predicted octanol–water partition coefficient (Wildman–Crippen LogP) is 3.69. The lowest BCUT2D eigenvalue weighted by atomic mass is 9.83. The van der Waals surface area contributed by atoms with Crippen molar-refractivity contribution in [3.63, 3.8) is 0 Å². The van der Waals surface area contributed by atoms with Crippen molar-refractivity contribution in [1.82, 2.24) is 0 Å². The largest absolute Gasteiger partial charge is 0.465 e. The summed E-state index contributed by atoms with van der Waals surface area (Å²) in [6, 6.07) is 8.38. The van der Waals surface area contributed by atoms with Gasteiger partial charge in [-0.05, 0) is 28.4 Å². The van der Waals surface area contributed by atoms with Gasteiger partial charge in [-0.15, -0.1) is 6.58 Å². The van der Waals surface area contributed by atoms with Crippen LogP contribution in [-0.4, -0.2) is 23.2 Å². The summed E-state index contributed by atoms with van der Waals surface area (Å²) in [5.74, 6) is -5.08. The van der Waals surface area contributed by atoms with Crippen molar-refractivity contribution in [2.75, 3.05) is 6.61 Å². The summed E-state index contributed by atoms with van der Waals surface area (Å²) in [6.45, 7) is 5.08. The Kier molecular flexibility index (Phi) is 6.20. The van der Waals surface area contributed by atoms with Gasteiger partial charge >= 0.3 is 10.8 Å². The number of hydrogen-bond acceptors (Lipinski definition) is 3. The molecule has 0 radical (unpaired) electrons. The highest BCUT2D eigenvalue weighted by Crippen LogP contribution is 2.35. The lowest BCUT2D eigenvalue weighted by Gasteiger charge is -2.23. The molecular formula is C15H15BrF2O3. The monoisotopic (exact) mass is 360 g/mol. The van der Waals surface area contributed by atoms with Crippen LogP contribution in [0.2, 0.25) is 0 Å². The summed E-state index contributed by atoms with van der Waals surface area (Å²) in [5.41, 5.74) is 0.538. The van der Waals surface area contributed by atoms with Crippen LogP contribution in [0.25, 0.3) is 0 Å². The third-order valence-corrected chi connectivity index (χ3v) is 3.29. The highest BCUT2D eigenvalue weighted by atomic mass is 79.9. The number of carbonyl (C=O) groups excluding carboxylic acids is 2. The molecule has 6 heteroatoms. The van der Waals surface area contributed by atoms with Crippen LogP contribution in [0.5, 0.6) is 0 Å². The molecule has 0 aliphatic carbocycles. The number of Topliss-reactive ketones (excluding diaryl/α,β-unsaturated/α-hetero) is 1. The van der Waals surface area contributed by atoms with E-state index in [1.807, 2.05) is 15.9 Å². The van der Waals surface area contributed by atoms with Gasteiger partial charge in [-0.3, -0.25) is 9.59 Å². The van der Waals surface area contributed by atoms with Gasteiger partial charge in [-0.2, -0.15) is 8.78 Å².